The van der Waals surface area contributed by atoms with Crippen LogP contribution in [-0.4, -0.2) is 21.7 Å². The molecule has 0 amide bonds. The lowest BCUT2D eigenvalue weighted by Crippen LogP contribution is -2.06. The molecule has 0 unspecified atom stereocenters. The summed E-state index contributed by atoms with van der Waals surface area (Å²) in [7, 11) is 0. The van der Waals surface area contributed by atoms with Crippen LogP contribution in [-0.2, 0) is 0 Å². The molecular formula is C15H10N2O3S. The zero-order valence-corrected chi connectivity index (χ0v) is 11.9. The normalized spacial score (nSPS) is 10.5. The number of ketones is 1. The van der Waals surface area contributed by atoms with Gasteiger partial charge in [0.15, 0.2) is 5.78 Å². The zero-order valence-electron chi connectivity index (χ0n) is 11.1. The molecule has 6 heteroatoms. The van der Waals surface area contributed by atoms with E-state index in [0.717, 1.165) is 5.52 Å². The molecule has 0 N–H and O–H groups in total. The second kappa shape index (κ2) is 5.41. The van der Waals surface area contributed by atoms with Gasteiger partial charge >= 0.3 is 5.97 Å². The SMILES string of the molecule is CC(=O)c1csc(C(=O)Oc2ccc3nccnc3c2)c1. The fourth-order valence-electron chi connectivity index (χ4n) is 1.79. The predicted molar refractivity (Wildman–Crippen MR) is 78.8 cm³/mol. The van der Waals surface area contributed by atoms with Crippen molar-refractivity contribution >= 4 is 34.1 Å². The number of hydrogen-bond acceptors (Lipinski definition) is 6. The molecule has 0 radical (unpaired) electrons. The summed E-state index contributed by atoms with van der Waals surface area (Å²) in [6.07, 6.45) is 3.18. The van der Waals surface area contributed by atoms with Gasteiger partial charge < -0.3 is 4.74 Å². The van der Waals surface area contributed by atoms with Gasteiger partial charge in [-0.25, -0.2) is 4.79 Å². The average Bonchev–Trinajstić information content (AvgIpc) is 2.97. The van der Waals surface area contributed by atoms with Crippen molar-refractivity contribution in [3.63, 3.8) is 0 Å². The van der Waals surface area contributed by atoms with Crippen molar-refractivity contribution in [1.29, 1.82) is 0 Å². The minimum Gasteiger partial charge on any atom is -0.422 e. The van der Waals surface area contributed by atoms with E-state index in [-0.39, 0.29) is 5.78 Å². The van der Waals surface area contributed by atoms with Crippen LogP contribution in [0.3, 0.4) is 0 Å². The number of carbonyl (C=O) groups excluding carboxylic acids is 2. The fourth-order valence-corrected chi connectivity index (χ4v) is 2.61. The van der Waals surface area contributed by atoms with Crippen molar-refractivity contribution in [2.75, 3.05) is 0 Å². The number of aromatic nitrogens is 2. The maximum absolute atomic E-state index is 12.0. The number of rotatable bonds is 3. The van der Waals surface area contributed by atoms with Gasteiger partial charge in [0, 0.05) is 29.4 Å². The van der Waals surface area contributed by atoms with Crippen LogP contribution in [0, 0.1) is 0 Å². The Morgan fingerprint density at radius 3 is 2.57 bits per heavy atom. The van der Waals surface area contributed by atoms with Gasteiger partial charge in [-0.05, 0) is 25.1 Å². The van der Waals surface area contributed by atoms with E-state index in [2.05, 4.69) is 9.97 Å². The third kappa shape index (κ3) is 2.80. The molecule has 2 heterocycles. The first kappa shape index (κ1) is 13.4. The van der Waals surface area contributed by atoms with Crippen molar-refractivity contribution < 1.29 is 14.3 Å². The summed E-state index contributed by atoms with van der Waals surface area (Å²) in [5.74, 6) is -0.173. The maximum atomic E-state index is 12.0. The molecule has 0 aliphatic heterocycles. The van der Waals surface area contributed by atoms with Crippen LogP contribution in [0.2, 0.25) is 0 Å². The molecule has 1 aromatic carbocycles. The molecule has 3 aromatic rings. The summed E-state index contributed by atoms with van der Waals surface area (Å²) in [4.78, 5) is 31.9. The number of hydrogen-bond donors (Lipinski definition) is 0. The lowest BCUT2D eigenvalue weighted by atomic mass is 10.2. The first-order valence-electron chi connectivity index (χ1n) is 6.16. The molecule has 0 aliphatic carbocycles. The Morgan fingerprint density at radius 1 is 1.10 bits per heavy atom. The number of fused-ring (bicyclic) bond motifs is 1. The number of ether oxygens (including phenoxy) is 1. The molecule has 3 rings (SSSR count). The Bertz CT molecular complexity index is 842. The van der Waals surface area contributed by atoms with Gasteiger partial charge in [0.25, 0.3) is 0 Å². The summed E-state index contributed by atoms with van der Waals surface area (Å²) >= 11 is 1.19. The third-order valence-corrected chi connectivity index (χ3v) is 3.77. The number of Topliss-reactive ketones (excluding diaryl/α,β-unsaturated/α-hetero) is 1. The molecule has 0 saturated heterocycles. The van der Waals surface area contributed by atoms with Crippen LogP contribution in [0.4, 0.5) is 0 Å². The average molecular weight is 298 g/mol. The van der Waals surface area contributed by atoms with Crippen LogP contribution in [0.5, 0.6) is 5.75 Å². The van der Waals surface area contributed by atoms with Crippen molar-refractivity contribution in [1.82, 2.24) is 9.97 Å². The molecular weight excluding hydrogens is 288 g/mol. The van der Waals surface area contributed by atoms with E-state index in [1.807, 2.05) is 0 Å². The first-order valence-corrected chi connectivity index (χ1v) is 7.04. The minimum absolute atomic E-state index is 0.0775. The second-order valence-corrected chi connectivity index (χ2v) is 5.26. The molecule has 0 atom stereocenters. The Hall–Kier alpha value is -2.60. The summed E-state index contributed by atoms with van der Waals surface area (Å²) in [5.41, 5.74) is 1.89. The molecule has 5 nitrogen and oxygen atoms in total. The summed E-state index contributed by atoms with van der Waals surface area (Å²) in [5, 5.41) is 1.64. The van der Waals surface area contributed by atoms with E-state index < -0.39 is 5.97 Å². The topological polar surface area (TPSA) is 69.2 Å². The smallest absolute Gasteiger partial charge is 0.353 e. The fraction of sp³-hybridized carbons (Fsp3) is 0.0667. The largest absolute Gasteiger partial charge is 0.422 e. The third-order valence-electron chi connectivity index (χ3n) is 2.86. The van der Waals surface area contributed by atoms with Crippen molar-refractivity contribution in [2.24, 2.45) is 0 Å². The summed E-state index contributed by atoms with van der Waals surface area (Å²) < 4.78 is 5.29. The van der Waals surface area contributed by atoms with Gasteiger partial charge in [0.1, 0.15) is 10.6 Å². The van der Waals surface area contributed by atoms with Gasteiger partial charge in [-0.3, -0.25) is 14.8 Å². The molecule has 2 aromatic heterocycles. The van der Waals surface area contributed by atoms with E-state index in [0.29, 0.717) is 21.7 Å². The van der Waals surface area contributed by atoms with Crippen LogP contribution in [0.15, 0.2) is 42.0 Å². The van der Waals surface area contributed by atoms with Gasteiger partial charge in [-0.15, -0.1) is 11.3 Å². The lowest BCUT2D eigenvalue weighted by Gasteiger charge is -2.03. The van der Waals surface area contributed by atoms with Crippen LogP contribution in [0.25, 0.3) is 11.0 Å². The van der Waals surface area contributed by atoms with Crippen LogP contribution >= 0.6 is 11.3 Å². The number of nitrogens with zero attached hydrogens (tertiary/aromatic N) is 2. The molecule has 21 heavy (non-hydrogen) atoms. The van der Waals surface area contributed by atoms with Crippen molar-refractivity contribution in [3.05, 3.63) is 52.5 Å². The van der Waals surface area contributed by atoms with E-state index >= 15 is 0 Å². The number of esters is 1. The Balaban J connectivity index is 1.83. The minimum atomic E-state index is -0.490. The van der Waals surface area contributed by atoms with Gasteiger partial charge in [-0.2, -0.15) is 0 Å². The monoisotopic (exact) mass is 298 g/mol. The Kier molecular flexibility index (Phi) is 3.45. The summed E-state index contributed by atoms with van der Waals surface area (Å²) in [6, 6.07) is 6.59. The van der Waals surface area contributed by atoms with E-state index in [1.54, 1.807) is 36.0 Å². The van der Waals surface area contributed by atoms with E-state index in [4.69, 9.17) is 4.74 Å². The highest BCUT2D eigenvalue weighted by molar-refractivity contribution is 7.12. The zero-order chi connectivity index (χ0) is 14.8. The maximum Gasteiger partial charge on any atom is 0.353 e. The Morgan fingerprint density at radius 2 is 1.86 bits per heavy atom. The molecule has 0 aliphatic rings. The first-order chi connectivity index (χ1) is 10.1. The second-order valence-electron chi connectivity index (χ2n) is 4.35. The lowest BCUT2D eigenvalue weighted by molar-refractivity contribution is 0.0740. The summed E-state index contributed by atoms with van der Waals surface area (Å²) in [6.45, 7) is 1.46. The van der Waals surface area contributed by atoms with Gasteiger partial charge in [0.2, 0.25) is 0 Å². The van der Waals surface area contributed by atoms with Crippen LogP contribution < -0.4 is 4.74 Å². The number of carbonyl (C=O) groups is 2. The molecule has 0 spiro atoms. The molecule has 0 saturated carbocycles. The quantitative estimate of drug-likeness (QED) is 0.422. The van der Waals surface area contributed by atoms with Crippen LogP contribution in [0.1, 0.15) is 27.0 Å². The highest BCUT2D eigenvalue weighted by Gasteiger charge is 2.13. The van der Waals surface area contributed by atoms with Crippen molar-refractivity contribution in [2.45, 2.75) is 6.92 Å². The molecule has 104 valence electrons. The highest BCUT2D eigenvalue weighted by Crippen LogP contribution is 2.21. The molecule has 0 bridgehead atoms. The number of thiophene rings is 1. The number of benzene rings is 1. The van der Waals surface area contributed by atoms with Gasteiger partial charge in [-0.1, -0.05) is 0 Å². The standard InChI is InChI=1S/C15H10N2O3S/c1-9(18)10-6-14(21-8-10)15(19)20-11-2-3-12-13(7-11)17-5-4-16-12/h2-8H,1H3. The highest BCUT2D eigenvalue weighted by atomic mass is 32.1. The van der Waals surface area contributed by atoms with E-state index in [1.165, 1.54) is 24.3 Å². The van der Waals surface area contributed by atoms with E-state index in [9.17, 15) is 9.59 Å². The van der Waals surface area contributed by atoms with Crippen molar-refractivity contribution in [3.8, 4) is 5.75 Å². The molecule has 0 fully saturated rings. The van der Waals surface area contributed by atoms with Gasteiger partial charge in [0.05, 0.1) is 11.0 Å². The Labute approximate surface area is 124 Å². The predicted octanol–water partition coefficient (Wildman–Crippen LogP) is 3.11.